The fourth-order valence-electron chi connectivity index (χ4n) is 5.37. The summed E-state index contributed by atoms with van der Waals surface area (Å²) >= 11 is 0. The molecule has 0 saturated heterocycles. The monoisotopic (exact) mass is 480 g/mol. The van der Waals surface area contributed by atoms with Crippen molar-refractivity contribution in [2.45, 2.75) is 13.2 Å². The number of fused-ring (bicyclic) bond motifs is 3. The highest BCUT2D eigenvalue weighted by Gasteiger charge is 2.20. The Morgan fingerprint density at radius 1 is 0.649 bits per heavy atom. The van der Waals surface area contributed by atoms with Gasteiger partial charge in [0.25, 0.3) is 0 Å². The van der Waals surface area contributed by atoms with Crippen molar-refractivity contribution in [3.8, 4) is 27.9 Å². The molecule has 0 unspecified atom stereocenters. The number of pyridine rings is 1. The molecule has 0 aliphatic carbocycles. The Morgan fingerprint density at radius 2 is 1.22 bits per heavy atom. The second-order valence-electron chi connectivity index (χ2n) is 9.01. The number of para-hydroxylation sites is 2. The normalized spacial score (nSPS) is 14.2. The highest BCUT2D eigenvalue weighted by molar-refractivity contribution is 6.18. The fraction of sp³-hybridized carbons (Fsp3) is 0.0588. The van der Waals surface area contributed by atoms with Gasteiger partial charge in [0.15, 0.2) is 0 Å². The molecule has 0 radical (unpaired) electrons. The first-order chi connectivity index (χ1) is 20.3. The van der Waals surface area contributed by atoms with Crippen molar-refractivity contribution >= 4 is 32.6 Å². The lowest BCUT2D eigenvalue weighted by Crippen LogP contribution is -2.03. The Morgan fingerprint density at radius 3 is 1.89 bits per heavy atom. The number of imidazole rings is 1. The van der Waals surface area contributed by atoms with E-state index in [0.717, 1.165) is 43.8 Å². The Labute approximate surface area is 222 Å². The fourth-order valence-corrected chi connectivity index (χ4v) is 5.37. The lowest BCUT2D eigenvalue weighted by molar-refractivity contribution is 0.917. The summed E-state index contributed by atoms with van der Waals surface area (Å²) in [5.41, 5.74) is 6.15. The third-order valence-electron chi connectivity index (χ3n) is 6.99. The molecular formula is C34H25N3. The number of aryl methyl sites for hydroxylation is 1. The molecule has 7 aromatic rings. The van der Waals surface area contributed by atoms with E-state index in [1.807, 2.05) is 66.7 Å². The average Bonchev–Trinajstić information content (AvgIpc) is 3.40. The highest BCUT2D eigenvalue weighted by atomic mass is 15.1. The van der Waals surface area contributed by atoms with E-state index < -0.39 is 13.2 Å². The molecule has 5 aromatic carbocycles. The summed E-state index contributed by atoms with van der Waals surface area (Å²) < 4.78 is 43.4. The molecule has 2 heterocycles. The van der Waals surface area contributed by atoms with Gasteiger partial charge in [0.05, 0.1) is 16.7 Å². The van der Waals surface area contributed by atoms with Crippen LogP contribution in [0.3, 0.4) is 0 Å². The maximum Gasteiger partial charge on any atom is 0.114 e. The lowest BCUT2D eigenvalue weighted by atomic mass is 9.89. The van der Waals surface area contributed by atoms with Gasteiger partial charge >= 0.3 is 0 Å². The van der Waals surface area contributed by atoms with Crippen LogP contribution in [0.4, 0.5) is 0 Å². The number of aromatic nitrogens is 3. The number of rotatable bonds is 4. The van der Waals surface area contributed by atoms with Gasteiger partial charge < -0.3 is 0 Å². The van der Waals surface area contributed by atoms with Crippen molar-refractivity contribution in [2.75, 3.05) is 0 Å². The van der Waals surface area contributed by atoms with Gasteiger partial charge in [0, 0.05) is 36.4 Å². The van der Waals surface area contributed by atoms with E-state index in [-0.39, 0.29) is 5.82 Å². The molecule has 37 heavy (non-hydrogen) atoms. The molecule has 0 aliphatic rings. The van der Waals surface area contributed by atoms with E-state index in [4.69, 9.17) is 6.85 Å². The van der Waals surface area contributed by atoms with Gasteiger partial charge in [-0.25, -0.2) is 4.98 Å². The summed E-state index contributed by atoms with van der Waals surface area (Å²) in [4.78, 5) is 8.71. The van der Waals surface area contributed by atoms with Crippen molar-refractivity contribution in [3.05, 3.63) is 127 Å². The van der Waals surface area contributed by atoms with E-state index in [1.54, 1.807) is 23.0 Å². The average molecular weight is 481 g/mol. The van der Waals surface area contributed by atoms with E-state index in [2.05, 4.69) is 46.4 Å². The Hall–Kier alpha value is -4.76. The number of hydrogen-bond donors (Lipinski definition) is 0. The third kappa shape index (κ3) is 3.43. The standard InChI is InChI=1S/C34H25N3/c1-2-32-36-30-13-7-8-14-31(30)37(32)34-28-11-5-3-9-26(28)33(27-10-4-6-12-29(27)34)25-17-15-23(16-18-25)24-19-21-35-22-20-24/h3-22H,2H2,1H3/i1D3,2D2. The van der Waals surface area contributed by atoms with Crippen LogP contribution >= 0.6 is 0 Å². The van der Waals surface area contributed by atoms with Crippen LogP contribution < -0.4 is 0 Å². The molecule has 0 amide bonds. The Balaban J connectivity index is 1.57. The van der Waals surface area contributed by atoms with Gasteiger partial charge in [-0.1, -0.05) is 91.8 Å². The number of benzene rings is 5. The molecular weight excluding hydrogens is 450 g/mol. The zero-order valence-corrected chi connectivity index (χ0v) is 19.9. The lowest BCUT2D eigenvalue weighted by Gasteiger charge is -2.19. The Bertz CT molecular complexity index is 2040. The smallest absolute Gasteiger partial charge is 0.114 e. The second-order valence-corrected chi connectivity index (χ2v) is 9.01. The van der Waals surface area contributed by atoms with Gasteiger partial charge in [-0.3, -0.25) is 9.55 Å². The SMILES string of the molecule is [2H]C([2H])([2H])C([2H])([2H])c1nc2ccccc2n1-c1c2ccccc2c(-c2ccc(-c3ccncc3)cc2)c2ccccc12. The molecule has 0 N–H and O–H groups in total. The molecule has 0 aliphatic heterocycles. The summed E-state index contributed by atoms with van der Waals surface area (Å²) in [5, 5.41) is 3.69. The van der Waals surface area contributed by atoms with Crippen LogP contribution in [0.1, 0.15) is 19.5 Å². The molecule has 0 saturated carbocycles. The van der Waals surface area contributed by atoms with Crippen LogP contribution in [0.25, 0.3) is 60.5 Å². The van der Waals surface area contributed by atoms with E-state index in [1.165, 1.54) is 0 Å². The predicted octanol–water partition coefficient (Wildman–Crippen LogP) is 8.62. The summed E-state index contributed by atoms with van der Waals surface area (Å²) in [5.74, 6) is -0.145. The van der Waals surface area contributed by atoms with Gasteiger partial charge in [0.2, 0.25) is 0 Å². The zero-order chi connectivity index (χ0) is 29.1. The van der Waals surface area contributed by atoms with Gasteiger partial charge in [0.1, 0.15) is 5.82 Å². The van der Waals surface area contributed by atoms with Crippen LogP contribution in [0.5, 0.6) is 0 Å². The predicted molar refractivity (Wildman–Crippen MR) is 154 cm³/mol. The first kappa shape index (κ1) is 16.8. The first-order valence-electron chi connectivity index (χ1n) is 14.7. The van der Waals surface area contributed by atoms with Crippen molar-refractivity contribution in [2.24, 2.45) is 0 Å². The van der Waals surface area contributed by atoms with E-state index in [9.17, 15) is 0 Å². The minimum atomic E-state index is -2.92. The largest absolute Gasteiger partial charge is 0.295 e. The summed E-state index contributed by atoms with van der Waals surface area (Å²) in [7, 11) is 0. The van der Waals surface area contributed by atoms with Crippen LogP contribution in [0.2, 0.25) is 0 Å². The molecule has 176 valence electrons. The van der Waals surface area contributed by atoms with Crippen molar-refractivity contribution < 1.29 is 6.85 Å². The molecule has 3 heteroatoms. The third-order valence-corrected chi connectivity index (χ3v) is 6.99. The summed E-state index contributed by atoms with van der Waals surface area (Å²) in [6, 6.07) is 35.8. The van der Waals surface area contributed by atoms with Crippen molar-refractivity contribution in [1.82, 2.24) is 14.5 Å². The second kappa shape index (κ2) is 8.72. The van der Waals surface area contributed by atoms with E-state index >= 15 is 0 Å². The van der Waals surface area contributed by atoms with Gasteiger partial charge in [-0.2, -0.15) is 0 Å². The molecule has 0 spiro atoms. The van der Waals surface area contributed by atoms with Crippen LogP contribution in [-0.2, 0) is 6.37 Å². The summed E-state index contributed by atoms with van der Waals surface area (Å²) in [6.45, 7) is -2.92. The van der Waals surface area contributed by atoms with Crippen LogP contribution in [-0.4, -0.2) is 14.5 Å². The first-order valence-corrected chi connectivity index (χ1v) is 12.2. The maximum absolute atomic E-state index is 8.74. The highest BCUT2D eigenvalue weighted by Crippen LogP contribution is 2.42. The molecule has 7 rings (SSSR count). The van der Waals surface area contributed by atoms with Gasteiger partial charge in [-0.05, 0) is 57.3 Å². The minimum absolute atomic E-state index is 0.145. The number of nitrogens with zero attached hydrogens (tertiary/aromatic N) is 3. The van der Waals surface area contributed by atoms with Crippen molar-refractivity contribution in [3.63, 3.8) is 0 Å². The molecule has 3 nitrogen and oxygen atoms in total. The quantitative estimate of drug-likeness (QED) is 0.236. The Kier molecular flexibility index (Phi) is 3.97. The minimum Gasteiger partial charge on any atom is -0.295 e. The van der Waals surface area contributed by atoms with Crippen molar-refractivity contribution in [1.29, 1.82) is 0 Å². The topological polar surface area (TPSA) is 30.7 Å². The van der Waals surface area contributed by atoms with Crippen LogP contribution in [0.15, 0.2) is 122 Å². The molecule has 0 atom stereocenters. The van der Waals surface area contributed by atoms with Crippen LogP contribution in [0, 0.1) is 0 Å². The zero-order valence-electron chi connectivity index (χ0n) is 24.9. The molecule has 2 aromatic heterocycles. The number of hydrogen-bond acceptors (Lipinski definition) is 2. The maximum atomic E-state index is 8.74. The molecule has 0 bridgehead atoms. The molecule has 0 fully saturated rings. The summed E-state index contributed by atoms with van der Waals surface area (Å²) in [6.07, 6.45) is 0.868. The van der Waals surface area contributed by atoms with E-state index in [0.29, 0.717) is 16.7 Å². The van der Waals surface area contributed by atoms with Gasteiger partial charge in [-0.15, -0.1) is 0 Å².